The molecule has 0 saturated heterocycles. The van der Waals surface area contributed by atoms with Gasteiger partial charge < -0.3 is 5.32 Å². The summed E-state index contributed by atoms with van der Waals surface area (Å²) < 4.78 is 39.9. The smallest absolute Gasteiger partial charge is 0.306 e. The Hall–Kier alpha value is -1.41. The second-order valence-electron chi connectivity index (χ2n) is 4.76. The fourth-order valence-electron chi connectivity index (χ4n) is 2.31. The maximum Gasteiger partial charge on any atom is 0.443 e. The lowest BCUT2D eigenvalue weighted by Crippen LogP contribution is -2.22. The minimum Gasteiger partial charge on any atom is -0.306 e. The third kappa shape index (κ3) is 3.11. The lowest BCUT2D eigenvalue weighted by atomic mass is 10.0. The molecule has 8 heteroatoms. The molecule has 2 aromatic heterocycles. The molecule has 2 rings (SSSR count). The van der Waals surface area contributed by atoms with Crippen molar-refractivity contribution in [1.82, 2.24) is 20.1 Å². The van der Waals surface area contributed by atoms with Crippen molar-refractivity contribution in [3.8, 4) is 0 Å². The number of rotatable bonds is 4. The molecule has 1 atom stereocenters. The number of thiazole rings is 1. The molecule has 0 amide bonds. The second kappa shape index (κ2) is 5.76. The van der Waals surface area contributed by atoms with Crippen molar-refractivity contribution in [2.75, 3.05) is 6.54 Å². The molecule has 0 spiro atoms. The highest BCUT2D eigenvalue weighted by Crippen LogP contribution is 2.37. The fraction of sp³-hybridized carbons (Fsp3) is 0.538. The van der Waals surface area contributed by atoms with Gasteiger partial charge in [0.05, 0.1) is 11.7 Å². The predicted molar refractivity (Wildman–Crippen MR) is 75.3 cm³/mol. The quantitative estimate of drug-likeness (QED) is 0.941. The lowest BCUT2D eigenvalue weighted by molar-refractivity contribution is -0.137. The Morgan fingerprint density at radius 3 is 2.48 bits per heavy atom. The van der Waals surface area contributed by atoms with Gasteiger partial charge in [-0.2, -0.15) is 18.3 Å². The summed E-state index contributed by atoms with van der Waals surface area (Å²) in [7, 11) is 1.82. The average molecular weight is 318 g/mol. The van der Waals surface area contributed by atoms with Gasteiger partial charge in [0.2, 0.25) is 0 Å². The molecule has 0 aromatic carbocycles. The van der Waals surface area contributed by atoms with Gasteiger partial charge >= 0.3 is 6.18 Å². The van der Waals surface area contributed by atoms with Crippen LogP contribution in [0.15, 0.2) is 6.20 Å². The third-order valence-corrected chi connectivity index (χ3v) is 4.42. The Labute approximate surface area is 125 Å². The van der Waals surface area contributed by atoms with Gasteiger partial charge in [-0.15, -0.1) is 11.3 Å². The van der Waals surface area contributed by atoms with Crippen LogP contribution in [0.3, 0.4) is 0 Å². The third-order valence-electron chi connectivity index (χ3n) is 3.31. The topological polar surface area (TPSA) is 42.7 Å². The summed E-state index contributed by atoms with van der Waals surface area (Å²) in [6.45, 7) is 6.32. The highest BCUT2D eigenvalue weighted by molar-refractivity contribution is 7.11. The van der Waals surface area contributed by atoms with Crippen LogP contribution in [0.2, 0.25) is 0 Å². The van der Waals surface area contributed by atoms with Crippen LogP contribution in [0.25, 0.3) is 0 Å². The lowest BCUT2D eigenvalue weighted by Gasteiger charge is -2.17. The zero-order valence-corrected chi connectivity index (χ0v) is 13.1. The van der Waals surface area contributed by atoms with E-state index in [-0.39, 0.29) is 6.04 Å². The van der Waals surface area contributed by atoms with E-state index < -0.39 is 11.2 Å². The summed E-state index contributed by atoms with van der Waals surface area (Å²) in [5.41, 5.74) is 2.65. The number of aromatic nitrogens is 3. The number of hydrogen-bond acceptors (Lipinski definition) is 4. The molecule has 1 N–H and O–H groups in total. The van der Waals surface area contributed by atoms with Crippen molar-refractivity contribution >= 4 is 11.3 Å². The van der Waals surface area contributed by atoms with E-state index >= 15 is 0 Å². The first-order chi connectivity index (χ1) is 9.75. The summed E-state index contributed by atoms with van der Waals surface area (Å²) >= 11 is 0.674. The van der Waals surface area contributed by atoms with Crippen LogP contribution in [0, 0.1) is 13.8 Å². The number of nitrogens with one attached hydrogen (secondary N) is 1. The Morgan fingerprint density at radius 2 is 2.05 bits per heavy atom. The summed E-state index contributed by atoms with van der Waals surface area (Å²) in [5.74, 6) is 0. The van der Waals surface area contributed by atoms with Crippen molar-refractivity contribution in [3.05, 3.63) is 33.0 Å². The molecule has 2 aromatic rings. The SMILES string of the molecule is CCNC(c1cnc(C(F)(F)F)s1)c1c(C)nn(C)c1C. The molecule has 0 aliphatic rings. The molecule has 0 aliphatic carbocycles. The predicted octanol–water partition coefficient (Wildman–Crippen LogP) is 3.21. The molecule has 0 fully saturated rings. The monoisotopic (exact) mass is 318 g/mol. The van der Waals surface area contributed by atoms with E-state index in [1.807, 2.05) is 27.8 Å². The van der Waals surface area contributed by atoms with Crippen LogP contribution >= 0.6 is 11.3 Å². The van der Waals surface area contributed by atoms with Crippen molar-refractivity contribution in [2.45, 2.75) is 33.0 Å². The first-order valence-corrected chi connectivity index (χ1v) is 7.33. The van der Waals surface area contributed by atoms with Crippen molar-refractivity contribution < 1.29 is 13.2 Å². The molecule has 0 saturated carbocycles. The summed E-state index contributed by atoms with van der Waals surface area (Å²) in [4.78, 5) is 4.05. The minimum atomic E-state index is -4.40. The van der Waals surface area contributed by atoms with Crippen LogP contribution in [-0.4, -0.2) is 21.3 Å². The van der Waals surface area contributed by atoms with E-state index in [0.29, 0.717) is 22.8 Å². The van der Waals surface area contributed by atoms with Crippen LogP contribution in [-0.2, 0) is 13.2 Å². The average Bonchev–Trinajstić information content (AvgIpc) is 2.94. The Balaban J connectivity index is 2.46. The van der Waals surface area contributed by atoms with E-state index in [2.05, 4.69) is 15.4 Å². The first-order valence-electron chi connectivity index (χ1n) is 6.52. The van der Waals surface area contributed by atoms with Gasteiger partial charge in [-0.3, -0.25) is 4.68 Å². The maximum absolute atomic E-state index is 12.7. The van der Waals surface area contributed by atoms with Gasteiger partial charge in [0, 0.05) is 29.4 Å². The van der Waals surface area contributed by atoms with E-state index in [4.69, 9.17) is 0 Å². The zero-order chi connectivity index (χ0) is 15.8. The van der Waals surface area contributed by atoms with Crippen molar-refractivity contribution in [2.24, 2.45) is 7.05 Å². The number of nitrogens with zero attached hydrogens (tertiary/aromatic N) is 3. The molecule has 0 aliphatic heterocycles. The van der Waals surface area contributed by atoms with E-state index in [1.54, 1.807) is 4.68 Å². The van der Waals surface area contributed by atoms with Crippen molar-refractivity contribution in [3.63, 3.8) is 0 Å². The van der Waals surface area contributed by atoms with Gasteiger partial charge in [0.15, 0.2) is 5.01 Å². The normalized spacial score (nSPS) is 13.7. The van der Waals surface area contributed by atoms with Gasteiger partial charge in [0.1, 0.15) is 0 Å². The van der Waals surface area contributed by atoms with Crippen LogP contribution in [0.1, 0.15) is 39.8 Å². The molecule has 1 unspecified atom stereocenters. The summed E-state index contributed by atoms with van der Waals surface area (Å²) in [6, 6.07) is -0.322. The number of hydrogen-bond donors (Lipinski definition) is 1. The summed E-state index contributed by atoms with van der Waals surface area (Å²) in [5, 5.41) is 6.74. The zero-order valence-electron chi connectivity index (χ0n) is 12.2. The molecule has 0 radical (unpaired) electrons. The van der Waals surface area contributed by atoms with Crippen molar-refractivity contribution in [1.29, 1.82) is 0 Å². The van der Waals surface area contributed by atoms with Crippen LogP contribution in [0.5, 0.6) is 0 Å². The first kappa shape index (κ1) is 16.0. The molecule has 21 heavy (non-hydrogen) atoms. The molecule has 116 valence electrons. The molecule has 0 bridgehead atoms. The highest BCUT2D eigenvalue weighted by atomic mass is 32.1. The molecular weight excluding hydrogens is 301 g/mol. The van der Waals surface area contributed by atoms with Crippen LogP contribution < -0.4 is 5.32 Å². The number of alkyl halides is 3. The molecular formula is C13H17F3N4S. The van der Waals surface area contributed by atoms with Gasteiger partial charge in [0.25, 0.3) is 0 Å². The van der Waals surface area contributed by atoms with Gasteiger partial charge in [-0.1, -0.05) is 6.92 Å². The molecule has 4 nitrogen and oxygen atoms in total. The van der Waals surface area contributed by atoms with E-state index in [9.17, 15) is 13.2 Å². The Morgan fingerprint density at radius 1 is 1.38 bits per heavy atom. The second-order valence-corrected chi connectivity index (χ2v) is 5.83. The molecule has 2 heterocycles. The van der Waals surface area contributed by atoms with Crippen LogP contribution in [0.4, 0.5) is 13.2 Å². The standard InChI is InChI=1S/C13H17F3N4S/c1-5-17-11(10-7(2)19-20(4)8(10)3)9-6-18-12(21-9)13(14,15)16/h6,11,17H,5H2,1-4H3. The number of aryl methyl sites for hydroxylation is 2. The summed E-state index contributed by atoms with van der Waals surface area (Å²) in [6.07, 6.45) is -3.11. The van der Waals surface area contributed by atoms with E-state index in [0.717, 1.165) is 17.0 Å². The van der Waals surface area contributed by atoms with E-state index in [1.165, 1.54) is 6.20 Å². The number of halogens is 3. The van der Waals surface area contributed by atoms with Gasteiger partial charge in [-0.05, 0) is 20.4 Å². The maximum atomic E-state index is 12.7. The largest absolute Gasteiger partial charge is 0.443 e. The van der Waals surface area contributed by atoms with Gasteiger partial charge in [-0.25, -0.2) is 4.98 Å². The fourth-order valence-corrected chi connectivity index (χ4v) is 3.18. The minimum absolute atomic E-state index is 0.322. The highest BCUT2D eigenvalue weighted by Gasteiger charge is 2.36. The Bertz CT molecular complexity index is 630. The Kier molecular flexibility index (Phi) is 4.38.